The average molecular weight is 431 g/mol. The van der Waals surface area contributed by atoms with Gasteiger partial charge in [-0.25, -0.2) is 0 Å². The van der Waals surface area contributed by atoms with Gasteiger partial charge in [0.15, 0.2) is 0 Å². The molecule has 5 heteroatoms. The molecule has 0 saturated heterocycles. The van der Waals surface area contributed by atoms with Crippen LogP contribution in [0.2, 0.25) is 0 Å². The fourth-order valence-corrected chi connectivity index (χ4v) is 3.39. The minimum atomic E-state index is -0.313. The topological polar surface area (TPSA) is 67.4 Å². The van der Waals surface area contributed by atoms with Crippen LogP contribution in [0.4, 0.5) is 5.69 Å². The number of benzene rings is 3. The minimum Gasteiger partial charge on any atom is -0.493 e. The fourth-order valence-electron chi connectivity index (χ4n) is 3.39. The van der Waals surface area contributed by atoms with Crippen LogP contribution in [0.5, 0.6) is 5.75 Å². The molecule has 0 saturated carbocycles. The molecular formula is C27H30N2O3. The summed E-state index contributed by atoms with van der Waals surface area (Å²) in [6.45, 7) is 4.63. The van der Waals surface area contributed by atoms with Gasteiger partial charge in [0.05, 0.1) is 29.5 Å². The van der Waals surface area contributed by atoms with Gasteiger partial charge in [0, 0.05) is 0 Å². The molecule has 0 spiro atoms. The van der Waals surface area contributed by atoms with E-state index in [0.29, 0.717) is 29.2 Å². The number of amides is 2. The van der Waals surface area contributed by atoms with Crippen LogP contribution in [0.15, 0.2) is 78.9 Å². The highest BCUT2D eigenvalue weighted by atomic mass is 16.5. The number of para-hydroxylation sites is 2. The summed E-state index contributed by atoms with van der Waals surface area (Å²) in [5.41, 5.74) is 2.31. The maximum atomic E-state index is 13.0. The summed E-state index contributed by atoms with van der Waals surface area (Å²) < 4.78 is 5.84. The Labute approximate surface area is 189 Å². The normalized spacial score (nSPS) is 11.4. The summed E-state index contributed by atoms with van der Waals surface area (Å²) in [5, 5.41) is 5.89. The lowest BCUT2D eigenvalue weighted by molar-refractivity contribution is 0.0940. The Balaban J connectivity index is 1.72. The smallest absolute Gasteiger partial charge is 0.259 e. The molecular weight excluding hydrogens is 400 g/mol. The van der Waals surface area contributed by atoms with E-state index >= 15 is 0 Å². The number of hydrogen-bond donors (Lipinski definition) is 2. The Morgan fingerprint density at radius 2 is 1.47 bits per heavy atom. The SMILES string of the molecule is CCCCCOc1ccccc1C(=O)Nc1ccccc1C(=O)NC(C)c1ccccc1. The summed E-state index contributed by atoms with van der Waals surface area (Å²) >= 11 is 0. The van der Waals surface area contributed by atoms with Crippen LogP contribution in [0.3, 0.4) is 0 Å². The van der Waals surface area contributed by atoms with E-state index in [1.165, 1.54) is 0 Å². The van der Waals surface area contributed by atoms with Crippen molar-refractivity contribution >= 4 is 17.5 Å². The van der Waals surface area contributed by atoms with E-state index in [1.807, 2.05) is 43.3 Å². The molecule has 166 valence electrons. The molecule has 0 fully saturated rings. The van der Waals surface area contributed by atoms with Gasteiger partial charge in [-0.1, -0.05) is 74.4 Å². The van der Waals surface area contributed by atoms with Crippen molar-refractivity contribution in [3.8, 4) is 5.75 Å². The molecule has 3 aromatic rings. The lowest BCUT2D eigenvalue weighted by Gasteiger charge is -2.17. The van der Waals surface area contributed by atoms with Crippen LogP contribution in [-0.4, -0.2) is 18.4 Å². The van der Waals surface area contributed by atoms with Crippen molar-refractivity contribution in [3.63, 3.8) is 0 Å². The van der Waals surface area contributed by atoms with Gasteiger partial charge in [0.25, 0.3) is 11.8 Å². The van der Waals surface area contributed by atoms with E-state index in [0.717, 1.165) is 24.8 Å². The van der Waals surface area contributed by atoms with Crippen LogP contribution in [0.1, 0.15) is 65.4 Å². The summed E-state index contributed by atoms with van der Waals surface area (Å²) in [4.78, 5) is 26.0. The predicted octanol–water partition coefficient (Wildman–Crippen LogP) is 6.00. The third kappa shape index (κ3) is 6.20. The van der Waals surface area contributed by atoms with Gasteiger partial charge >= 0.3 is 0 Å². The Hall–Kier alpha value is -3.60. The van der Waals surface area contributed by atoms with Gasteiger partial charge in [-0.2, -0.15) is 0 Å². The number of nitrogens with one attached hydrogen (secondary N) is 2. The molecule has 3 rings (SSSR count). The largest absolute Gasteiger partial charge is 0.493 e. The molecule has 0 aliphatic heterocycles. The molecule has 0 heterocycles. The zero-order chi connectivity index (χ0) is 22.8. The zero-order valence-electron chi connectivity index (χ0n) is 18.6. The first-order valence-electron chi connectivity index (χ1n) is 11.1. The molecule has 0 aliphatic rings. The van der Waals surface area contributed by atoms with Gasteiger partial charge in [0.2, 0.25) is 0 Å². The van der Waals surface area contributed by atoms with Gasteiger partial charge < -0.3 is 15.4 Å². The molecule has 5 nitrogen and oxygen atoms in total. The molecule has 1 unspecified atom stereocenters. The third-order valence-corrected chi connectivity index (χ3v) is 5.20. The molecule has 0 aromatic heterocycles. The van der Waals surface area contributed by atoms with E-state index in [2.05, 4.69) is 17.6 Å². The maximum Gasteiger partial charge on any atom is 0.259 e. The first-order chi connectivity index (χ1) is 15.6. The van der Waals surface area contributed by atoms with E-state index in [9.17, 15) is 9.59 Å². The van der Waals surface area contributed by atoms with Crippen molar-refractivity contribution < 1.29 is 14.3 Å². The van der Waals surface area contributed by atoms with Crippen molar-refractivity contribution in [1.82, 2.24) is 5.32 Å². The molecule has 3 aromatic carbocycles. The lowest BCUT2D eigenvalue weighted by Crippen LogP contribution is -2.28. The van der Waals surface area contributed by atoms with Crippen molar-refractivity contribution in [3.05, 3.63) is 95.6 Å². The molecule has 0 bridgehead atoms. The zero-order valence-corrected chi connectivity index (χ0v) is 18.6. The Bertz CT molecular complexity index is 1030. The van der Waals surface area contributed by atoms with Crippen molar-refractivity contribution in [2.24, 2.45) is 0 Å². The second kappa shape index (κ2) is 11.7. The second-order valence-corrected chi connectivity index (χ2v) is 7.66. The molecule has 1 atom stereocenters. The number of rotatable bonds is 10. The van der Waals surface area contributed by atoms with Crippen molar-refractivity contribution in [2.45, 2.75) is 39.2 Å². The van der Waals surface area contributed by atoms with Crippen LogP contribution < -0.4 is 15.4 Å². The number of carbonyl (C=O) groups excluding carboxylic acids is 2. The number of ether oxygens (including phenoxy) is 1. The highest BCUT2D eigenvalue weighted by molar-refractivity contribution is 6.10. The number of anilines is 1. The summed E-state index contributed by atoms with van der Waals surface area (Å²) in [7, 11) is 0. The van der Waals surface area contributed by atoms with Crippen molar-refractivity contribution in [1.29, 1.82) is 0 Å². The maximum absolute atomic E-state index is 13.0. The highest BCUT2D eigenvalue weighted by Crippen LogP contribution is 2.23. The Kier molecular flexibility index (Phi) is 8.44. The summed E-state index contributed by atoms with van der Waals surface area (Å²) in [5.74, 6) is -0.0189. The Morgan fingerprint density at radius 1 is 0.812 bits per heavy atom. The molecule has 0 radical (unpaired) electrons. The average Bonchev–Trinajstić information content (AvgIpc) is 2.83. The van der Waals surface area contributed by atoms with E-state index < -0.39 is 0 Å². The third-order valence-electron chi connectivity index (χ3n) is 5.20. The first-order valence-corrected chi connectivity index (χ1v) is 11.1. The monoisotopic (exact) mass is 430 g/mol. The van der Waals surface area contributed by atoms with Gasteiger partial charge in [0.1, 0.15) is 5.75 Å². The van der Waals surface area contributed by atoms with Gasteiger partial charge in [-0.05, 0) is 43.2 Å². The Morgan fingerprint density at radius 3 is 2.22 bits per heavy atom. The second-order valence-electron chi connectivity index (χ2n) is 7.66. The lowest BCUT2D eigenvalue weighted by atomic mass is 10.1. The molecule has 2 N–H and O–H groups in total. The molecule has 2 amide bonds. The quantitative estimate of drug-likeness (QED) is 0.388. The number of carbonyl (C=O) groups is 2. The van der Waals surface area contributed by atoms with E-state index in [1.54, 1.807) is 42.5 Å². The minimum absolute atomic E-state index is 0.162. The molecule has 0 aliphatic carbocycles. The number of hydrogen-bond acceptors (Lipinski definition) is 3. The fraction of sp³-hybridized carbons (Fsp3) is 0.259. The number of unbranched alkanes of at least 4 members (excludes halogenated alkanes) is 2. The van der Waals surface area contributed by atoms with E-state index in [4.69, 9.17) is 4.74 Å². The standard InChI is InChI=1S/C27H30N2O3/c1-3-4-12-19-32-25-18-11-9-16-23(25)27(31)29-24-17-10-8-15-22(24)26(30)28-20(2)21-13-6-5-7-14-21/h5-11,13-18,20H,3-4,12,19H2,1-2H3,(H,28,30)(H,29,31). The summed E-state index contributed by atoms with van der Waals surface area (Å²) in [6.07, 6.45) is 3.13. The summed E-state index contributed by atoms with van der Waals surface area (Å²) in [6, 6.07) is 23.8. The highest BCUT2D eigenvalue weighted by Gasteiger charge is 2.18. The van der Waals surface area contributed by atoms with Crippen molar-refractivity contribution in [2.75, 3.05) is 11.9 Å². The van der Waals surface area contributed by atoms with Crippen LogP contribution >= 0.6 is 0 Å². The van der Waals surface area contributed by atoms with Crippen LogP contribution in [0, 0.1) is 0 Å². The van der Waals surface area contributed by atoms with Gasteiger partial charge in [-0.15, -0.1) is 0 Å². The van der Waals surface area contributed by atoms with Gasteiger partial charge in [-0.3, -0.25) is 9.59 Å². The van der Waals surface area contributed by atoms with Crippen LogP contribution in [0.25, 0.3) is 0 Å². The van der Waals surface area contributed by atoms with Crippen LogP contribution in [-0.2, 0) is 0 Å². The predicted molar refractivity (Wildman–Crippen MR) is 128 cm³/mol. The first kappa shape index (κ1) is 23.1. The molecule has 32 heavy (non-hydrogen) atoms. The van der Waals surface area contributed by atoms with E-state index in [-0.39, 0.29) is 17.9 Å².